The van der Waals surface area contributed by atoms with Crippen LogP contribution in [0.15, 0.2) is 47.4 Å². The maximum atomic E-state index is 13.1. The number of aryl methyl sites for hydroxylation is 1. The SMILES string of the molecule is CCC(NC(=O)c1ccc(C)c(S(=O)(=O)N2CCCCC2)c1)c1ccccc1OC. The van der Waals surface area contributed by atoms with Gasteiger partial charge in [-0.1, -0.05) is 37.6 Å². The van der Waals surface area contributed by atoms with Crippen molar-refractivity contribution in [3.63, 3.8) is 0 Å². The number of rotatable bonds is 7. The van der Waals surface area contributed by atoms with Gasteiger partial charge in [0.25, 0.3) is 5.91 Å². The molecule has 1 aliphatic heterocycles. The smallest absolute Gasteiger partial charge is 0.251 e. The van der Waals surface area contributed by atoms with Crippen molar-refractivity contribution in [2.75, 3.05) is 20.2 Å². The lowest BCUT2D eigenvalue weighted by Crippen LogP contribution is -2.36. The molecule has 30 heavy (non-hydrogen) atoms. The molecule has 0 spiro atoms. The highest BCUT2D eigenvalue weighted by Gasteiger charge is 2.28. The molecule has 0 aromatic heterocycles. The number of hydrogen-bond acceptors (Lipinski definition) is 4. The highest BCUT2D eigenvalue weighted by atomic mass is 32.2. The monoisotopic (exact) mass is 430 g/mol. The van der Waals surface area contributed by atoms with Gasteiger partial charge in [-0.15, -0.1) is 0 Å². The maximum absolute atomic E-state index is 13.1. The molecule has 2 aromatic rings. The summed E-state index contributed by atoms with van der Waals surface area (Å²) >= 11 is 0. The number of hydrogen-bond donors (Lipinski definition) is 1. The summed E-state index contributed by atoms with van der Waals surface area (Å²) in [4.78, 5) is 13.2. The molecule has 1 N–H and O–H groups in total. The van der Waals surface area contributed by atoms with Crippen LogP contribution < -0.4 is 10.1 Å². The minimum atomic E-state index is -3.61. The zero-order valence-electron chi connectivity index (χ0n) is 17.8. The number of ether oxygens (including phenoxy) is 1. The van der Waals surface area contributed by atoms with Gasteiger partial charge < -0.3 is 10.1 Å². The minimum Gasteiger partial charge on any atom is -0.496 e. The summed E-state index contributed by atoms with van der Waals surface area (Å²) in [6, 6.07) is 12.2. The summed E-state index contributed by atoms with van der Waals surface area (Å²) in [6.07, 6.45) is 3.47. The molecular weight excluding hydrogens is 400 g/mol. The summed E-state index contributed by atoms with van der Waals surface area (Å²) < 4.78 is 33.2. The van der Waals surface area contributed by atoms with Crippen molar-refractivity contribution in [3.8, 4) is 5.75 Å². The summed E-state index contributed by atoms with van der Waals surface area (Å²) in [5.41, 5.74) is 1.88. The number of piperidine rings is 1. The Kier molecular flexibility index (Phi) is 7.15. The Hall–Kier alpha value is -2.38. The maximum Gasteiger partial charge on any atom is 0.251 e. The average molecular weight is 431 g/mol. The van der Waals surface area contributed by atoms with Crippen molar-refractivity contribution in [1.82, 2.24) is 9.62 Å². The number of methoxy groups -OCH3 is 1. The largest absolute Gasteiger partial charge is 0.496 e. The van der Waals surface area contributed by atoms with Crippen molar-refractivity contribution in [1.29, 1.82) is 0 Å². The van der Waals surface area contributed by atoms with Gasteiger partial charge in [-0.25, -0.2) is 8.42 Å². The number of nitrogens with one attached hydrogen (secondary N) is 1. The Labute approximate surface area is 179 Å². The summed E-state index contributed by atoms with van der Waals surface area (Å²) in [5.74, 6) is 0.407. The Bertz CT molecular complexity index is 998. The second-order valence-corrected chi connectivity index (χ2v) is 9.53. The van der Waals surface area contributed by atoms with Gasteiger partial charge in [0.05, 0.1) is 18.0 Å². The lowest BCUT2D eigenvalue weighted by atomic mass is 10.0. The third-order valence-electron chi connectivity index (χ3n) is 5.61. The summed E-state index contributed by atoms with van der Waals surface area (Å²) in [7, 11) is -2.01. The Morgan fingerprint density at radius 2 is 1.83 bits per heavy atom. The van der Waals surface area contributed by atoms with Crippen LogP contribution in [0.2, 0.25) is 0 Å². The van der Waals surface area contributed by atoms with E-state index in [1.165, 1.54) is 10.4 Å². The second-order valence-electron chi connectivity index (χ2n) is 7.62. The van der Waals surface area contributed by atoms with Gasteiger partial charge in [-0.05, 0) is 49.9 Å². The van der Waals surface area contributed by atoms with Crippen LogP contribution in [0.4, 0.5) is 0 Å². The molecule has 0 bridgehead atoms. The summed E-state index contributed by atoms with van der Waals surface area (Å²) in [5, 5.41) is 3.02. The lowest BCUT2D eigenvalue weighted by molar-refractivity contribution is 0.0935. The van der Waals surface area contributed by atoms with Crippen LogP contribution in [0, 0.1) is 6.92 Å². The molecule has 1 fully saturated rings. The fourth-order valence-electron chi connectivity index (χ4n) is 3.86. The number of benzene rings is 2. The molecular formula is C23H30N2O4S. The van der Waals surface area contributed by atoms with Crippen molar-refractivity contribution >= 4 is 15.9 Å². The van der Waals surface area contributed by atoms with Crippen LogP contribution in [0.5, 0.6) is 5.75 Å². The van der Waals surface area contributed by atoms with E-state index in [9.17, 15) is 13.2 Å². The number of para-hydroxylation sites is 1. The fourth-order valence-corrected chi connectivity index (χ4v) is 5.63. The van der Waals surface area contributed by atoms with Crippen molar-refractivity contribution in [2.45, 2.75) is 50.5 Å². The van der Waals surface area contributed by atoms with E-state index >= 15 is 0 Å². The minimum absolute atomic E-state index is 0.211. The quantitative estimate of drug-likeness (QED) is 0.719. The zero-order chi connectivity index (χ0) is 21.7. The zero-order valence-corrected chi connectivity index (χ0v) is 18.7. The molecule has 1 aliphatic rings. The van der Waals surface area contributed by atoms with Gasteiger partial charge in [0, 0.05) is 24.2 Å². The van der Waals surface area contributed by atoms with Crippen molar-refractivity contribution in [3.05, 3.63) is 59.2 Å². The third kappa shape index (κ3) is 4.68. The van der Waals surface area contributed by atoms with Gasteiger partial charge in [0.1, 0.15) is 5.75 Å². The first-order valence-electron chi connectivity index (χ1n) is 10.4. The van der Waals surface area contributed by atoms with Crippen LogP contribution in [0.3, 0.4) is 0 Å². The normalized spacial score (nSPS) is 16.1. The predicted octanol–water partition coefficient (Wildman–Crippen LogP) is 4.06. The first kappa shape index (κ1) is 22.3. The molecule has 1 heterocycles. The van der Waals surface area contributed by atoms with E-state index in [1.807, 2.05) is 31.2 Å². The topological polar surface area (TPSA) is 75.7 Å². The van der Waals surface area contributed by atoms with E-state index < -0.39 is 10.0 Å². The Balaban J connectivity index is 1.87. The molecule has 3 rings (SSSR count). The molecule has 0 aliphatic carbocycles. The Morgan fingerprint density at radius 3 is 2.50 bits per heavy atom. The highest BCUT2D eigenvalue weighted by molar-refractivity contribution is 7.89. The first-order chi connectivity index (χ1) is 14.4. The number of amides is 1. The number of nitrogens with zero attached hydrogens (tertiary/aromatic N) is 1. The number of carbonyl (C=O) groups is 1. The summed E-state index contributed by atoms with van der Waals surface area (Å²) in [6.45, 7) is 4.81. The van der Waals surface area contributed by atoms with Crippen LogP contribution >= 0.6 is 0 Å². The van der Waals surface area contributed by atoms with E-state index in [4.69, 9.17) is 4.74 Å². The van der Waals surface area contributed by atoms with Gasteiger partial charge in [-0.2, -0.15) is 4.31 Å². The molecule has 7 heteroatoms. The van der Waals surface area contributed by atoms with Crippen LogP contribution in [0.1, 0.15) is 60.1 Å². The van der Waals surface area contributed by atoms with Crippen LogP contribution in [0.25, 0.3) is 0 Å². The molecule has 0 saturated carbocycles. The molecule has 0 radical (unpaired) electrons. The molecule has 2 aromatic carbocycles. The highest BCUT2D eigenvalue weighted by Crippen LogP contribution is 2.28. The Morgan fingerprint density at radius 1 is 1.13 bits per heavy atom. The van der Waals surface area contributed by atoms with Gasteiger partial charge in [0.15, 0.2) is 0 Å². The van der Waals surface area contributed by atoms with Crippen LogP contribution in [-0.2, 0) is 10.0 Å². The average Bonchev–Trinajstić information content (AvgIpc) is 2.78. The van der Waals surface area contributed by atoms with E-state index in [2.05, 4.69) is 5.32 Å². The van der Waals surface area contributed by atoms with Crippen molar-refractivity contribution < 1.29 is 17.9 Å². The standard InChI is InChI=1S/C23H30N2O4S/c1-4-20(19-10-6-7-11-21(19)29-3)24-23(26)18-13-12-17(2)22(16-18)30(27,28)25-14-8-5-9-15-25/h6-7,10-13,16,20H,4-5,8-9,14-15H2,1-3H3,(H,24,26). The second kappa shape index (κ2) is 9.62. The van der Waals surface area contributed by atoms with E-state index in [1.54, 1.807) is 26.2 Å². The van der Waals surface area contributed by atoms with E-state index in [-0.39, 0.29) is 16.8 Å². The van der Waals surface area contributed by atoms with Crippen LogP contribution in [-0.4, -0.2) is 38.8 Å². The first-order valence-corrected chi connectivity index (χ1v) is 11.9. The molecule has 6 nitrogen and oxygen atoms in total. The van der Waals surface area contributed by atoms with Gasteiger partial charge in [0.2, 0.25) is 10.0 Å². The molecule has 1 unspecified atom stereocenters. The lowest BCUT2D eigenvalue weighted by Gasteiger charge is -2.26. The molecule has 162 valence electrons. The fraction of sp³-hybridized carbons (Fsp3) is 0.435. The molecule has 1 saturated heterocycles. The number of sulfonamides is 1. The van der Waals surface area contributed by atoms with E-state index in [0.29, 0.717) is 36.4 Å². The molecule has 1 atom stereocenters. The van der Waals surface area contributed by atoms with Crippen molar-refractivity contribution in [2.24, 2.45) is 0 Å². The van der Waals surface area contributed by atoms with E-state index in [0.717, 1.165) is 24.8 Å². The third-order valence-corrected chi connectivity index (χ3v) is 7.65. The van der Waals surface area contributed by atoms with Gasteiger partial charge >= 0.3 is 0 Å². The predicted molar refractivity (Wildman–Crippen MR) is 117 cm³/mol. The molecule has 1 amide bonds. The number of carbonyl (C=O) groups excluding carboxylic acids is 1. The van der Waals surface area contributed by atoms with Gasteiger partial charge in [-0.3, -0.25) is 4.79 Å².